The Morgan fingerprint density at radius 3 is 2.43 bits per heavy atom. The fourth-order valence-corrected chi connectivity index (χ4v) is 3.06. The van der Waals surface area contributed by atoms with Gasteiger partial charge in [-0.25, -0.2) is 4.79 Å². The van der Waals surface area contributed by atoms with Crippen LogP contribution in [-0.2, 0) is 9.53 Å². The minimum absolute atomic E-state index is 0.141. The van der Waals surface area contributed by atoms with E-state index in [1.165, 1.54) is 7.11 Å². The number of rotatable bonds is 2. The predicted octanol–water partition coefficient (Wildman–Crippen LogP) is 3.13. The average Bonchev–Trinajstić information content (AvgIpc) is 2.17. The van der Waals surface area contributed by atoms with Crippen LogP contribution in [0.2, 0.25) is 0 Å². The first-order valence-corrected chi connectivity index (χ1v) is 5.79. The Hall–Kier alpha value is 0.340. The quantitative estimate of drug-likeness (QED) is 0.562. The van der Waals surface area contributed by atoms with Crippen molar-refractivity contribution in [2.45, 2.75) is 35.4 Å². The monoisotopic (exact) mass is 258 g/mol. The standard InChI is InChI=1S/C9H13Cl3O2/c1-14-8(13)9(11,12)6-4-2-3-5-7(6)10/h6-7H,2-5H2,1H3. The largest absolute Gasteiger partial charge is 0.467 e. The highest BCUT2D eigenvalue weighted by Crippen LogP contribution is 2.43. The summed E-state index contributed by atoms with van der Waals surface area (Å²) in [6.07, 6.45) is 3.70. The lowest BCUT2D eigenvalue weighted by molar-refractivity contribution is -0.142. The third-order valence-corrected chi connectivity index (χ3v) is 4.00. The minimum Gasteiger partial charge on any atom is -0.467 e. The number of carbonyl (C=O) groups is 1. The van der Waals surface area contributed by atoms with Gasteiger partial charge in [0.25, 0.3) is 0 Å². The number of halogens is 3. The number of carbonyl (C=O) groups excluding carboxylic acids is 1. The van der Waals surface area contributed by atoms with E-state index in [9.17, 15) is 4.79 Å². The van der Waals surface area contributed by atoms with Crippen molar-refractivity contribution in [2.75, 3.05) is 7.11 Å². The molecule has 1 rings (SSSR count). The van der Waals surface area contributed by atoms with Crippen LogP contribution in [0.5, 0.6) is 0 Å². The molecule has 2 nitrogen and oxygen atoms in total. The number of hydrogen-bond donors (Lipinski definition) is 0. The van der Waals surface area contributed by atoms with Crippen molar-refractivity contribution in [3.63, 3.8) is 0 Å². The smallest absolute Gasteiger partial charge is 0.342 e. The lowest BCUT2D eigenvalue weighted by atomic mass is 9.86. The summed E-state index contributed by atoms with van der Waals surface area (Å²) < 4.78 is 3.06. The van der Waals surface area contributed by atoms with E-state index in [0.717, 1.165) is 25.7 Å². The van der Waals surface area contributed by atoms with Crippen molar-refractivity contribution in [3.8, 4) is 0 Å². The van der Waals surface area contributed by atoms with Gasteiger partial charge >= 0.3 is 5.97 Å². The summed E-state index contributed by atoms with van der Waals surface area (Å²) in [6, 6.07) is 0. The second-order valence-electron chi connectivity index (χ2n) is 3.52. The van der Waals surface area contributed by atoms with Crippen molar-refractivity contribution in [1.29, 1.82) is 0 Å². The maximum Gasteiger partial charge on any atom is 0.342 e. The molecular weight excluding hydrogens is 246 g/mol. The fourth-order valence-electron chi connectivity index (χ4n) is 1.78. The molecule has 0 aromatic carbocycles. The molecule has 0 saturated heterocycles. The average molecular weight is 260 g/mol. The van der Waals surface area contributed by atoms with Crippen LogP contribution in [0.1, 0.15) is 25.7 Å². The van der Waals surface area contributed by atoms with Crippen LogP contribution in [0.25, 0.3) is 0 Å². The van der Waals surface area contributed by atoms with Crippen molar-refractivity contribution in [3.05, 3.63) is 0 Å². The first-order chi connectivity index (χ1) is 6.50. The van der Waals surface area contributed by atoms with Crippen LogP contribution in [0.15, 0.2) is 0 Å². The van der Waals surface area contributed by atoms with Crippen molar-refractivity contribution in [1.82, 2.24) is 0 Å². The molecule has 0 radical (unpaired) electrons. The molecule has 0 aliphatic heterocycles. The highest BCUT2D eigenvalue weighted by Gasteiger charge is 2.47. The molecule has 1 saturated carbocycles. The molecule has 2 unspecified atom stereocenters. The van der Waals surface area contributed by atoms with Gasteiger partial charge in [0.1, 0.15) is 0 Å². The van der Waals surface area contributed by atoms with E-state index in [1.54, 1.807) is 0 Å². The minimum atomic E-state index is -1.50. The number of hydrogen-bond acceptors (Lipinski definition) is 2. The highest BCUT2D eigenvalue weighted by atomic mass is 35.5. The summed E-state index contributed by atoms with van der Waals surface area (Å²) >= 11 is 18.0. The van der Waals surface area contributed by atoms with Crippen LogP contribution >= 0.6 is 34.8 Å². The molecule has 1 aliphatic rings. The lowest BCUT2D eigenvalue weighted by Gasteiger charge is -2.34. The second-order valence-corrected chi connectivity index (χ2v) is 5.47. The topological polar surface area (TPSA) is 26.3 Å². The van der Waals surface area contributed by atoms with Gasteiger partial charge in [0.05, 0.1) is 7.11 Å². The summed E-state index contributed by atoms with van der Waals surface area (Å²) in [5.74, 6) is -0.827. The van der Waals surface area contributed by atoms with Crippen LogP contribution in [0, 0.1) is 5.92 Å². The summed E-state index contributed by atoms with van der Waals surface area (Å²) in [6.45, 7) is 0. The van der Waals surface area contributed by atoms with E-state index in [2.05, 4.69) is 4.74 Å². The predicted molar refractivity (Wildman–Crippen MR) is 58.1 cm³/mol. The normalized spacial score (nSPS) is 28.6. The Kier molecular flexibility index (Phi) is 4.35. The van der Waals surface area contributed by atoms with Gasteiger partial charge in [0.2, 0.25) is 4.33 Å². The van der Waals surface area contributed by atoms with Crippen LogP contribution in [0.3, 0.4) is 0 Å². The molecule has 0 bridgehead atoms. The summed E-state index contributed by atoms with van der Waals surface area (Å²) in [7, 11) is 1.27. The van der Waals surface area contributed by atoms with Gasteiger partial charge in [-0.2, -0.15) is 0 Å². The number of methoxy groups -OCH3 is 1. The van der Waals surface area contributed by atoms with Crippen LogP contribution in [-0.4, -0.2) is 22.8 Å². The van der Waals surface area contributed by atoms with Crippen LogP contribution < -0.4 is 0 Å². The molecule has 0 amide bonds. The van der Waals surface area contributed by atoms with Gasteiger partial charge in [0.15, 0.2) is 0 Å². The van der Waals surface area contributed by atoms with Crippen molar-refractivity contribution >= 4 is 40.8 Å². The Morgan fingerprint density at radius 2 is 1.93 bits per heavy atom. The van der Waals surface area contributed by atoms with Gasteiger partial charge in [-0.3, -0.25) is 0 Å². The zero-order chi connectivity index (χ0) is 10.8. The Balaban J connectivity index is 2.73. The molecule has 82 valence electrons. The molecule has 0 spiro atoms. The molecule has 2 atom stereocenters. The van der Waals surface area contributed by atoms with Gasteiger partial charge in [0, 0.05) is 11.3 Å². The zero-order valence-electron chi connectivity index (χ0n) is 7.93. The SMILES string of the molecule is COC(=O)C(Cl)(Cl)C1CCCCC1Cl. The summed E-state index contributed by atoms with van der Waals surface area (Å²) in [5.41, 5.74) is 0. The lowest BCUT2D eigenvalue weighted by Crippen LogP contribution is -2.42. The maximum atomic E-state index is 11.3. The van der Waals surface area contributed by atoms with E-state index < -0.39 is 10.3 Å². The van der Waals surface area contributed by atoms with E-state index in [-0.39, 0.29) is 11.3 Å². The first-order valence-electron chi connectivity index (χ1n) is 4.60. The van der Waals surface area contributed by atoms with E-state index in [1.807, 2.05) is 0 Å². The van der Waals surface area contributed by atoms with E-state index in [0.29, 0.717) is 0 Å². The molecule has 0 N–H and O–H groups in total. The molecule has 0 aromatic heterocycles. The Bertz CT molecular complexity index is 218. The molecule has 1 aliphatic carbocycles. The third kappa shape index (κ3) is 2.47. The van der Waals surface area contributed by atoms with Gasteiger partial charge in [-0.15, -0.1) is 11.6 Å². The first kappa shape index (κ1) is 12.4. The highest BCUT2D eigenvalue weighted by molar-refractivity contribution is 6.58. The summed E-state index contributed by atoms with van der Waals surface area (Å²) in [4.78, 5) is 11.3. The molecule has 5 heteroatoms. The van der Waals surface area contributed by atoms with Gasteiger partial charge in [-0.05, 0) is 12.8 Å². The van der Waals surface area contributed by atoms with Crippen LogP contribution in [0.4, 0.5) is 0 Å². The summed E-state index contributed by atoms with van der Waals surface area (Å²) in [5, 5.41) is -0.141. The van der Waals surface area contributed by atoms with Gasteiger partial charge in [-0.1, -0.05) is 36.0 Å². The van der Waals surface area contributed by atoms with Crippen molar-refractivity contribution < 1.29 is 9.53 Å². The number of ether oxygens (including phenoxy) is 1. The Morgan fingerprint density at radius 1 is 1.36 bits per heavy atom. The van der Waals surface area contributed by atoms with Crippen molar-refractivity contribution in [2.24, 2.45) is 5.92 Å². The second kappa shape index (κ2) is 4.91. The Labute approximate surface area is 98.8 Å². The molecule has 0 heterocycles. The van der Waals surface area contributed by atoms with E-state index >= 15 is 0 Å². The van der Waals surface area contributed by atoms with E-state index in [4.69, 9.17) is 34.8 Å². The number of alkyl halides is 3. The fraction of sp³-hybridized carbons (Fsp3) is 0.889. The molecule has 0 aromatic rings. The number of esters is 1. The van der Waals surface area contributed by atoms with Gasteiger partial charge < -0.3 is 4.74 Å². The molecule has 14 heavy (non-hydrogen) atoms. The molecular formula is C9H13Cl3O2. The maximum absolute atomic E-state index is 11.3. The third-order valence-electron chi connectivity index (χ3n) is 2.60. The zero-order valence-corrected chi connectivity index (χ0v) is 10.2. The molecule has 1 fully saturated rings.